The Morgan fingerprint density at radius 3 is 2.31 bits per heavy atom. The van der Waals surface area contributed by atoms with Crippen LogP contribution in [0.15, 0.2) is 12.2 Å². The number of Topliss-reactive ketones (excluding diaryl/α,β-unsaturated/α-hetero) is 1. The van der Waals surface area contributed by atoms with Crippen molar-refractivity contribution in [3.63, 3.8) is 0 Å². The summed E-state index contributed by atoms with van der Waals surface area (Å²) in [7, 11) is 0. The van der Waals surface area contributed by atoms with E-state index >= 15 is 0 Å². The second-order valence-corrected chi connectivity index (χ2v) is 5.42. The molecule has 0 aromatic rings. The highest BCUT2D eigenvalue weighted by atomic mass is 16.1. The van der Waals surface area contributed by atoms with E-state index in [9.17, 15) is 4.79 Å². The Bertz CT molecular complexity index is 258. The van der Waals surface area contributed by atoms with Crippen LogP contribution in [0.3, 0.4) is 0 Å². The summed E-state index contributed by atoms with van der Waals surface area (Å²) in [6.07, 6.45) is 9.22. The van der Waals surface area contributed by atoms with E-state index in [1.165, 1.54) is 0 Å². The van der Waals surface area contributed by atoms with E-state index in [1.807, 2.05) is 0 Å². The minimum Gasteiger partial charge on any atom is -0.302 e. The second-order valence-electron chi connectivity index (χ2n) is 5.42. The lowest BCUT2D eigenvalue weighted by molar-refractivity contribution is -0.113. The molecule has 92 valence electrons. The number of hydrogen-bond donors (Lipinski definition) is 1. The van der Waals surface area contributed by atoms with Crippen molar-refractivity contribution in [1.29, 1.82) is 5.41 Å². The van der Waals surface area contributed by atoms with Crippen LogP contribution < -0.4 is 0 Å². The van der Waals surface area contributed by atoms with Crippen molar-refractivity contribution in [2.24, 2.45) is 5.41 Å². The van der Waals surface area contributed by atoms with Gasteiger partial charge >= 0.3 is 0 Å². The van der Waals surface area contributed by atoms with Gasteiger partial charge in [-0.15, -0.1) is 0 Å². The zero-order valence-electron chi connectivity index (χ0n) is 11.1. The third kappa shape index (κ3) is 9.63. The number of allylic oxidation sites excluding steroid dienone is 2. The highest BCUT2D eigenvalue weighted by molar-refractivity contribution is 6.37. The van der Waals surface area contributed by atoms with Gasteiger partial charge in [0.25, 0.3) is 0 Å². The van der Waals surface area contributed by atoms with Crippen LogP contribution in [0.1, 0.15) is 59.8 Å². The summed E-state index contributed by atoms with van der Waals surface area (Å²) in [5.74, 6) is -0.00904. The number of unbranched alkanes of at least 4 members (excludes halogenated alkanes) is 3. The lowest BCUT2D eigenvalue weighted by Gasteiger charge is -2.10. The molecule has 0 atom stereocenters. The molecule has 0 radical (unpaired) electrons. The average Bonchev–Trinajstić information content (AvgIpc) is 2.14. The number of hydrogen-bond acceptors (Lipinski definition) is 2. The van der Waals surface area contributed by atoms with Crippen molar-refractivity contribution in [2.75, 3.05) is 0 Å². The minimum absolute atomic E-state index is 0.00904. The Hall–Kier alpha value is -0.920. The van der Waals surface area contributed by atoms with Crippen LogP contribution in [-0.2, 0) is 4.79 Å². The van der Waals surface area contributed by atoms with Crippen LogP contribution >= 0.6 is 0 Å². The fourth-order valence-electron chi connectivity index (χ4n) is 1.35. The number of nitrogens with one attached hydrogen (secondary N) is 1. The molecular formula is C14H25NO. The van der Waals surface area contributed by atoms with Gasteiger partial charge in [0.1, 0.15) is 0 Å². The molecule has 0 aliphatic heterocycles. The molecule has 1 N–H and O–H groups in total. The molecule has 0 aliphatic rings. The second kappa shape index (κ2) is 7.37. The molecule has 2 heteroatoms. The Kier molecular flexibility index (Phi) is 6.95. The Labute approximate surface area is 99.6 Å². The first-order valence-electron chi connectivity index (χ1n) is 6.09. The largest absolute Gasteiger partial charge is 0.302 e. The fourth-order valence-corrected chi connectivity index (χ4v) is 1.35. The normalized spacial score (nSPS) is 12.0. The standard InChI is InChI=1S/C14H25NO/c1-12(15)13(16)10-8-6-5-7-9-11-14(2,3)4/h9,11,15H,5-8,10H2,1-4H3/b11-9-,15-12?. The molecule has 0 spiro atoms. The molecule has 0 aliphatic carbocycles. The van der Waals surface area contributed by atoms with Crippen LogP contribution in [0.25, 0.3) is 0 Å². The molecule has 0 saturated carbocycles. The van der Waals surface area contributed by atoms with E-state index in [0.29, 0.717) is 6.42 Å². The molecule has 2 nitrogen and oxygen atoms in total. The number of carbonyl (C=O) groups excluding carboxylic acids is 1. The first-order valence-corrected chi connectivity index (χ1v) is 6.09. The quantitative estimate of drug-likeness (QED) is 0.393. The van der Waals surface area contributed by atoms with Gasteiger partial charge in [0.2, 0.25) is 0 Å². The summed E-state index contributed by atoms with van der Waals surface area (Å²) in [5.41, 5.74) is 0.459. The zero-order valence-corrected chi connectivity index (χ0v) is 11.1. The van der Waals surface area contributed by atoms with Crippen LogP contribution in [0, 0.1) is 10.8 Å². The fraction of sp³-hybridized carbons (Fsp3) is 0.714. The highest BCUT2D eigenvalue weighted by Crippen LogP contribution is 2.15. The van der Waals surface area contributed by atoms with E-state index < -0.39 is 0 Å². The van der Waals surface area contributed by atoms with Gasteiger partial charge in [0.15, 0.2) is 5.78 Å². The van der Waals surface area contributed by atoms with Gasteiger partial charge in [-0.25, -0.2) is 0 Å². The van der Waals surface area contributed by atoms with E-state index in [2.05, 4.69) is 32.9 Å². The van der Waals surface area contributed by atoms with Gasteiger partial charge < -0.3 is 5.41 Å². The topological polar surface area (TPSA) is 40.9 Å². The molecule has 0 amide bonds. The Balaban J connectivity index is 3.45. The number of rotatable bonds is 7. The van der Waals surface area contributed by atoms with Crippen LogP contribution in [-0.4, -0.2) is 11.5 Å². The molecule has 0 rings (SSSR count). The molecular weight excluding hydrogens is 198 g/mol. The van der Waals surface area contributed by atoms with E-state index in [1.54, 1.807) is 6.92 Å². The predicted octanol–water partition coefficient (Wildman–Crippen LogP) is 4.15. The van der Waals surface area contributed by atoms with Crippen molar-refractivity contribution in [3.8, 4) is 0 Å². The van der Waals surface area contributed by atoms with Crippen molar-refractivity contribution in [1.82, 2.24) is 0 Å². The van der Waals surface area contributed by atoms with Crippen LogP contribution in [0.5, 0.6) is 0 Å². The van der Waals surface area contributed by atoms with E-state index in [-0.39, 0.29) is 16.9 Å². The van der Waals surface area contributed by atoms with Gasteiger partial charge in [-0.05, 0) is 31.6 Å². The van der Waals surface area contributed by atoms with E-state index in [0.717, 1.165) is 25.7 Å². The third-order valence-corrected chi connectivity index (χ3v) is 2.31. The first kappa shape index (κ1) is 15.1. The summed E-state index contributed by atoms with van der Waals surface area (Å²) >= 11 is 0. The summed E-state index contributed by atoms with van der Waals surface area (Å²) in [4.78, 5) is 11.1. The molecule has 0 bridgehead atoms. The summed E-state index contributed by atoms with van der Waals surface area (Å²) in [6.45, 7) is 8.13. The Morgan fingerprint density at radius 1 is 1.19 bits per heavy atom. The zero-order chi connectivity index (χ0) is 12.6. The highest BCUT2D eigenvalue weighted by Gasteiger charge is 2.04. The predicted molar refractivity (Wildman–Crippen MR) is 70.1 cm³/mol. The number of ketones is 1. The summed E-state index contributed by atoms with van der Waals surface area (Å²) < 4.78 is 0. The summed E-state index contributed by atoms with van der Waals surface area (Å²) in [5, 5.41) is 7.15. The third-order valence-electron chi connectivity index (χ3n) is 2.31. The van der Waals surface area contributed by atoms with Crippen LogP contribution in [0.2, 0.25) is 0 Å². The molecule has 0 aromatic carbocycles. The molecule has 16 heavy (non-hydrogen) atoms. The lowest BCUT2D eigenvalue weighted by atomic mass is 9.95. The van der Waals surface area contributed by atoms with Gasteiger partial charge in [-0.3, -0.25) is 4.79 Å². The maximum Gasteiger partial charge on any atom is 0.176 e. The van der Waals surface area contributed by atoms with Crippen molar-refractivity contribution in [3.05, 3.63) is 12.2 Å². The van der Waals surface area contributed by atoms with Gasteiger partial charge in [-0.1, -0.05) is 39.3 Å². The molecule has 0 aromatic heterocycles. The Morgan fingerprint density at radius 2 is 1.81 bits per heavy atom. The SMILES string of the molecule is CC(=N)C(=O)CCCCC/C=C\C(C)(C)C. The van der Waals surface area contributed by atoms with Crippen molar-refractivity contribution in [2.45, 2.75) is 59.8 Å². The minimum atomic E-state index is -0.00904. The number of carbonyl (C=O) groups is 1. The summed E-state index contributed by atoms with van der Waals surface area (Å²) in [6, 6.07) is 0. The van der Waals surface area contributed by atoms with Gasteiger partial charge in [0.05, 0.1) is 5.71 Å². The van der Waals surface area contributed by atoms with Crippen molar-refractivity contribution >= 4 is 11.5 Å². The molecule has 0 fully saturated rings. The first-order chi connectivity index (χ1) is 7.33. The maximum atomic E-state index is 11.1. The molecule has 0 unspecified atom stereocenters. The average molecular weight is 223 g/mol. The van der Waals surface area contributed by atoms with Gasteiger partial charge in [0, 0.05) is 6.42 Å². The maximum absolute atomic E-state index is 11.1. The van der Waals surface area contributed by atoms with Gasteiger partial charge in [-0.2, -0.15) is 0 Å². The van der Waals surface area contributed by atoms with E-state index in [4.69, 9.17) is 5.41 Å². The lowest BCUT2D eigenvalue weighted by Crippen LogP contribution is -2.07. The van der Waals surface area contributed by atoms with Crippen LogP contribution in [0.4, 0.5) is 0 Å². The molecule has 0 saturated heterocycles. The molecule has 0 heterocycles. The monoisotopic (exact) mass is 223 g/mol. The smallest absolute Gasteiger partial charge is 0.176 e. The van der Waals surface area contributed by atoms with Crippen molar-refractivity contribution < 1.29 is 4.79 Å².